The number of hydrogen-bond acceptors (Lipinski definition) is 6. The zero-order valence-electron chi connectivity index (χ0n) is 19.5. The molecular formula is C24H23ClF3N5O4. The van der Waals surface area contributed by atoms with Crippen molar-refractivity contribution < 1.29 is 32.2 Å². The summed E-state index contributed by atoms with van der Waals surface area (Å²) in [6, 6.07) is 10.7. The lowest BCUT2D eigenvalue weighted by molar-refractivity contribution is -0.137. The summed E-state index contributed by atoms with van der Waals surface area (Å²) < 4.78 is 50.8. The molecule has 0 unspecified atom stereocenters. The Balaban J connectivity index is 1.63. The van der Waals surface area contributed by atoms with E-state index in [0.29, 0.717) is 23.1 Å². The molecule has 3 aromatic rings. The number of halogens is 4. The van der Waals surface area contributed by atoms with Gasteiger partial charge < -0.3 is 31.2 Å². The fraction of sp³-hybridized carbons (Fsp3) is 0.208. The molecule has 13 heteroatoms. The van der Waals surface area contributed by atoms with Crippen LogP contribution < -0.4 is 31.2 Å². The van der Waals surface area contributed by atoms with Crippen LogP contribution >= 0.6 is 11.6 Å². The molecule has 2 aromatic carbocycles. The average molecular weight is 538 g/mol. The number of nitrogens with zero attached hydrogens (tertiary/aromatic N) is 1. The molecule has 196 valence electrons. The van der Waals surface area contributed by atoms with Crippen molar-refractivity contribution in [2.24, 2.45) is 5.73 Å². The monoisotopic (exact) mass is 537 g/mol. The number of hydrogen-bond donors (Lipinski definition) is 4. The van der Waals surface area contributed by atoms with Crippen LogP contribution in [0, 0.1) is 0 Å². The molecule has 0 aliphatic heterocycles. The maximum atomic E-state index is 13.3. The molecule has 0 spiro atoms. The largest absolute Gasteiger partial charge is 0.490 e. The predicted octanol–water partition coefficient (Wildman–Crippen LogP) is 4.56. The van der Waals surface area contributed by atoms with E-state index in [4.69, 9.17) is 26.8 Å². The number of benzene rings is 2. The summed E-state index contributed by atoms with van der Waals surface area (Å²) in [4.78, 5) is 28.1. The molecule has 3 amide bonds. The van der Waals surface area contributed by atoms with Crippen molar-refractivity contribution in [3.05, 3.63) is 76.6 Å². The average Bonchev–Trinajstić information content (AvgIpc) is 2.87. The van der Waals surface area contributed by atoms with E-state index in [1.54, 1.807) is 30.3 Å². The lowest BCUT2D eigenvalue weighted by Crippen LogP contribution is -2.28. The van der Waals surface area contributed by atoms with E-state index in [2.05, 4.69) is 20.9 Å². The quantitative estimate of drug-likeness (QED) is 0.317. The second kappa shape index (κ2) is 12.3. The topological polar surface area (TPSA) is 128 Å². The summed E-state index contributed by atoms with van der Waals surface area (Å²) in [6.45, 7) is 0.195. The number of nitrogens with one attached hydrogen (secondary N) is 3. The Morgan fingerprint density at radius 3 is 2.46 bits per heavy atom. The molecule has 1 heterocycles. The third-order valence-electron chi connectivity index (χ3n) is 4.80. The first-order valence-electron chi connectivity index (χ1n) is 10.8. The summed E-state index contributed by atoms with van der Waals surface area (Å²) in [5.41, 5.74) is 4.96. The van der Waals surface area contributed by atoms with Gasteiger partial charge >= 0.3 is 12.2 Å². The first-order chi connectivity index (χ1) is 17.6. The summed E-state index contributed by atoms with van der Waals surface area (Å²) in [5, 5.41) is 6.83. The van der Waals surface area contributed by atoms with E-state index < -0.39 is 22.8 Å². The minimum Gasteiger partial charge on any atom is -0.490 e. The van der Waals surface area contributed by atoms with Crippen molar-refractivity contribution >= 4 is 29.2 Å². The van der Waals surface area contributed by atoms with E-state index in [9.17, 15) is 22.8 Å². The van der Waals surface area contributed by atoms with Gasteiger partial charge in [-0.3, -0.25) is 9.78 Å². The molecule has 3 rings (SSSR count). The molecule has 0 atom stereocenters. The van der Waals surface area contributed by atoms with Gasteiger partial charge in [0.15, 0.2) is 0 Å². The second-order valence-corrected chi connectivity index (χ2v) is 7.88. The molecule has 0 aliphatic rings. The summed E-state index contributed by atoms with van der Waals surface area (Å²) in [6.07, 6.45) is -3.28. The number of rotatable bonds is 9. The molecule has 0 bridgehead atoms. The highest BCUT2D eigenvalue weighted by Crippen LogP contribution is 2.40. The molecule has 5 N–H and O–H groups in total. The van der Waals surface area contributed by atoms with E-state index >= 15 is 0 Å². The van der Waals surface area contributed by atoms with Crippen LogP contribution in [-0.4, -0.2) is 37.1 Å². The Bertz CT molecular complexity index is 1260. The summed E-state index contributed by atoms with van der Waals surface area (Å²) in [7, 11) is 1.49. The van der Waals surface area contributed by atoms with Crippen LogP contribution in [0.2, 0.25) is 5.02 Å². The summed E-state index contributed by atoms with van der Waals surface area (Å²) >= 11 is 5.74. The van der Waals surface area contributed by atoms with Crippen LogP contribution in [0.3, 0.4) is 0 Å². The minimum absolute atomic E-state index is 0.0129. The molecule has 0 radical (unpaired) electrons. The lowest BCUT2D eigenvalue weighted by Gasteiger charge is -2.17. The highest BCUT2D eigenvalue weighted by atomic mass is 35.5. The van der Waals surface area contributed by atoms with Crippen LogP contribution in [0.25, 0.3) is 0 Å². The van der Waals surface area contributed by atoms with Crippen LogP contribution in [0.1, 0.15) is 21.6 Å². The number of aromatic nitrogens is 1. The molecule has 0 saturated heterocycles. The Kier molecular flexibility index (Phi) is 9.15. The van der Waals surface area contributed by atoms with Gasteiger partial charge in [0.25, 0.3) is 5.91 Å². The van der Waals surface area contributed by atoms with Crippen LogP contribution in [0.4, 0.5) is 23.7 Å². The number of amides is 3. The molecule has 37 heavy (non-hydrogen) atoms. The van der Waals surface area contributed by atoms with Crippen molar-refractivity contribution in [3.63, 3.8) is 0 Å². The van der Waals surface area contributed by atoms with Gasteiger partial charge in [-0.05, 0) is 29.8 Å². The van der Waals surface area contributed by atoms with Crippen LogP contribution in [0.15, 0.2) is 54.7 Å². The lowest BCUT2D eigenvalue weighted by atomic mass is 10.1. The van der Waals surface area contributed by atoms with E-state index in [-0.39, 0.29) is 42.7 Å². The Hall–Kier alpha value is -4.03. The van der Waals surface area contributed by atoms with Gasteiger partial charge in [0, 0.05) is 38.5 Å². The SMILES string of the molecule is CNC(=O)c1cc(Oc2ccc(CNC(=O)Nc3cc(C(F)(F)F)c(Cl)cc3OCCN)cc2)ccn1. The maximum absolute atomic E-state index is 13.3. The smallest absolute Gasteiger partial charge is 0.417 e. The van der Waals surface area contributed by atoms with Gasteiger partial charge in [-0.25, -0.2) is 4.79 Å². The van der Waals surface area contributed by atoms with Gasteiger partial charge in [0.2, 0.25) is 0 Å². The van der Waals surface area contributed by atoms with E-state index in [1.807, 2.05) is 0 Å². The van der Waals surface area contributed by atoms with Gasteiger partial charge in [-0.15, -0.1) is 0 Å². The number of alkyl halides is 3. The molecule has 1 aromatic heterocycles. The van der Waals surface area contributed by atoms with Gasteiger partial charge in [-0.1, -0.05) is 23.7 Å². The van der Waals surface area contributed by atoms with Crippen molar-refractivity contribution in [1.29, 1.82) is 0 Å². The molecule has 9 nitrogen and oxygen atoms in total. The molecule has 0 fully saturated rings. The maximum Gasteiger partial charge on any atom is 0.417 e. The normalized spacial score (nSPS) is 11.0. The van der Waals surface area contributed by atoms with Gasteiger partial charge in [0.05, 0.1) is 16.3 Å². The number of carbonyl (C=O) groups excluding carboxylic acids is 2. The summed E-state index contributed by atoms with van der Waals surface area (Å²) in [5.74, 6) is 0.490. The van der Waals surface area contributed by atoms with Gasteiger partial charge in [0.1, 0.15) is 29.5 Å². The molecule has 0 aliphatic carbocycles. The van der Waals surface area contributed by atoms with E-state index in [1.165, 1.54) is 19.3 Å². The van der Waals surface area contributed by atoms with Crippen molar-refractivity contribution in [2.45, 2.75) is 12.7 Å². The van der Waals surface area contributed by atoms with Gasteiger partial charge in [-0.2, -0.15) is 13.2 Å². The number of carbonyl (C=O) groups is 2. The zero-order chi connectivity index (χ0) is 27.0. The van der Waals surface area contributed by atoms with Crippen molar-refractivity contribution in [3.8, 4) is 17.2 Å². The van der Waals surface area contributed by atoms with E-state index in [0.717, 1.165) is 6.07 Å². The number of nitrogens with two attached hydrogens (primary N) is 1. The first-order valence-corrected chi connectivity index (χ1v) is 11.2. The molecule has 0 saturated carbocycles. The zero-order valence-corrected chi connectivity index (χ0v) is 20.2. The fourth-order valence-corrected chi connectivity index (χ4v) is 3.31. The number of ether oxygens (including phenoxy) is 2. The van der Waals surface area contributed by atoms with Crippen molar-refractivity contribution in [2.75, 3.05) is 25.5 Å². The Morgan fingerprint density at radius 2 is 1.81 bits per heavy atom. The third kappa shape index (κ3) is 7.72. The minimum atomic E-state index is -4.72. The number of urea groups is 1. The fourth-order valence-electron chi connectivity index (χ4n) is 3.05. The standard InChI is InChI=1S/C24H23ClF3N5O4/c1-30-22(34)20-10-16(6-8-31-20)37-15-4-2-14(3-5-15)13-32-23(35)33-19-11-17(24(26,27)28)18(25)12-21(19)36-9-7-29/h2-6,8,10-12H,7,9,13,29H2,1H3,(H,30,34)(H2,32,33,35). The molecular weight excluding hydrogens is 515 g/mol. The van der Waals surface area contributed by atoms with Crippen molar-refractivity contribution in [1.82, 2.24) is 15.6 Å². The highest BCUT2D eigenvalue weighted by molar-refractivity contribution is 6.31. The van der Waals surface area contributed by atoms with Crippen LogP contribution in [0.5, 0.6) is 17.2 Å². The van der Waals surface area contributed by atoms with Crippen LogP contribution in [-0.2, 0) is 12.7 Å². The second-order valence-electron chi connectivity index (χ2n) is 7.47. The number of anilines is 1. The number of pyridine rings is 1. The Morgan fingerprint density at radius 1 is 1.08 bits per heavy atom. The Labute approximate surface area is 215 Å². The predicted molar refractivity (Wildman–Crippen MR) is 131 cm³/mol. The third-order valence-corrected chi connectivity index (χ3v) is 5.11. The highest BCUT2D eigenvalue weighted by Gasteiger charge is 2.34. The first kappa shape index (κ1) is 27.6.